The number of rotatable bonds is 13. The summed E-state index contributed by atoms with van der Waals surface area (Å²) in [6.07, 6.45) is 1.57. The second-order valence-corrected chi connectivity index (χ2v) is 8.70. The predicted octanol–water partition coefficient (Wildman–Crippen LogP) is 5.67. The van der Waals surface area contributed by atoms with E-state index in [1.807, 2.05) is 45.0 Å². The summed E-state index contributed by atoms with van der Waals surface area (Å²) in [6, 6.07) is 10.3. The molecule has 0 aliphatic rings. The van der Waals surface area contributed by atoms with Crippen LogP contribution in [0.1, 0.15) is 51.7 Å². The van der Waals surface area contributed by atoms with E-state index in [1.54, 1.807) is 24.0 Å². The molecule has 2 amide bonds. The Hall–Kier alpha value is -2.44. The lowest BCUT2D eigenvalue weighted by atomic mass is 10.1. The molecule has 0 fully saturated rings. The third-order valence-electron chi connectivity index (χ3n) is 5.29. The van der Waals surface area contributed by atoms with Crippen molar-refractivity contribution >= 4 is 35.0 Å². The Morgan fingerprint density at radius 1 is 0.941 bits per heavy atom. The zero-order valence-corrected chi connectivity index (χ0v) is 21.8. The molecule has 2 aromatic carbocycles. The van der Waals surface area contributed by atoms with Gasteiger partial charge in [0.15, 0.2) is 11.5 Å². The summed E-state index contributed by atoms with van der Waals surface area (Å²) >= 11 is 12.2. The van der Waals surface area contributed by atoms with E-state index in [1.165, 1.54) is 0 Å². The number of hydrogen-bond acceptors (Lipinski definition) is 4. The molecule has 2 rings (SSSR count). The van der Waals surface area contributed by atoms with Crippen LogP contribution < -0.4 is 14.8 Å². The van der Waals surface area contributed by atoms with E-state index >= 15 is 0 Å². The van der Waals surface area contributed by atoms with Crippen molar-refractivity contribution in [1.82, 2.24) is 10.2 Å². The zero-order chi connectivity index (χ0) is 25.1. The minimum atomic E-state index is -0.632. The topological polar surface area (TPSA) is 67.9 Å². The Balaban J connectivity index is 2.19. The van der Waals surface area contributed by atoms with Crippen LogP contribution in [0, 0.1) is 0 Å². The number of aryl methyl sites for hydroxylation is 1. The summed E-state index contributed by atoms with van der Waals surface area (Å²) < 4.78 is 11.3. The highest BCUT2D eigenvalue weighted by molar-refractivity contribution is 6.42. The van der Waals surface area contributed by atoms with Crippen molar-refractivity contribution in [3.05, 3.63) is 57.6 Å². The van der Waals surface area contributed by atoms with Gasteiger partial charge < -0.3 is 19.7 Å². The summed E-state index contributed by atoms with van der Waals surface area (Å²) in [7, 11) is 0. The van der Waals surface area contributed by atoms with E-state index in [0.717, 1.165) is 17.5 Å². The fourth-order valence-corrected chi connectivity index (χ4v) is 3.78. The van der Waals surface area contributed by atoms with Gasteiger partial charge in [0.1, 0.15) is 6.04 Å². The van der Waals surface area contributed by atoms with Gasteiger partial charge in [0.05, 0.1) is 23.3 Å². The van der Waals surface area contributed by atoms with Gasteiger partial charge in [0.2, 0.25) is 11.8 Å². The third kappa shape index (κ3) is 8.10. The van der Waals surface area contributed by atoms with Gasteiger partial charge in [0.25, 0.3) is 0 Å². The zero-order valence-electron chi connectivity index (χ0n) is 20.3. The van der Waals surface area contributed by atoms with Crippen molar-refractivity contribution in [3.8, 4) is 11.5 Å². The van der Waals surface area contributed by atoms with Gasteiger partial charge in [-0.15, -0.1) is 0 Å². The highest BCUT2D eigenvalue weighted by Gasteiger charge is 2.26. The van der Waals surface area contributed by atoms with Crippen molar-refractivity contribution in [2.45, 2.75) is 59.5 Å². The SMILES string of the molecule is CCCNC(=O)[C@@H](C)N(Cc1ccc(Cl)c(Cl)c1)C(=O)CCc1ccc(OCC)c(OCC)c1. The number of benzene rings is 2. The van der Waals surface area contributed by atoms with Gasteiger partial charge in [0, 0.05) is 19.5 Å². The Labute approximate surface area is 212 Å². The largest absolute Gasteiger partial charge is 0.490 e. The number of ether oxygens (including phenoxy) is 2. The smallest absolute Gasteiger partial charge is 0.242 e. The molecule has 6 nitrogen and oxygen atoms in total. The minimum absolute atomic E-state index is 0.128. The average molecular weight is 509 g/mol. The molecule has 8 heteroatoms. The molecule has 0 bridgehead atoms. The van der Waals surface area contributed by atoms with Crippen LogP contribution in [-0.4, -0.2) is 42.5 Å². The van der Waals surface area contributed by atoms with Crippen LogP contribution in [0.2, 0.25) is 10.0 Å². The Kier molecular flexibility index (Phi) is 11.5. The number of carbonyl (C=O) groups is 2. The number of nitrogens with zero attached hydrogens (tertiary/aromatic N) is 1. The van der Waals surface area contributed by atoms with Crippen LogP contribution >= 0.6 is 23.2 Å². The molecule has 2 aromatic rings. The Morgan fingerprint density at radius 3 is 2.26 bits per heavy atom. The van der Waals surface area contributed by atoms with Gasteiger partial charge in [-0.25, -0.2) is 0 Å². The second-order valence-electron chi connectivity index (χ2n) is 7.88. The monoisotopic (exact) mass is 508 g/mol. The van der Waals surface area contributed by atoms with E-state index in [0.29, 0.717) is 47.7 Å². The fraction of sp³-hybridized carbons (Fsp3) is 0.462. The maximum Gasteiger partial charge on any atom is 0.242 e. The standard InChI is InChI=1S/C26H34Cl2N2O4/c1-5-14-29-26(32)18(4)30(17-20-8-11-21(27)22(28)15-20)25(31)13-10-19-9-12-23(33-6-2)24(16-19)34-7-3/h8-9,11-12,15-16,18H,5-7,10,13-14,17H2,1-4H3,(H,29,32)/t18-/m1/s1. The molecule has 0 saturated heterocycles. The van der Waals surface area contributed by atoms with E-state index in [4.69, 9.17) is 32.7 Å². The molecule has 0 radical (unpaired) electrons. The molecule has 0 heterocycles. The molecule has 1 atom stereocenters. The van der Waals surface area contributed by atoms with Crippen molar-refractivity contribution in [3.63, 3.8) is 0 Å². The average Bonchev–Trinajstić information content (AvgIpc) is 2.82. The molecule has 0 saturated carbocycles. The van der Waals surface area contributed by atoms with E-state index < -0.39 is 6.04 Å². The predicted molar refractivity (Wildman–Crippen MR) is 137 cm³/mol. The molecule has 186 valence electrons. The first-order chi connectivity index (χ1) is 16.3. The fourth-order valence-electron chi connectivity index (χ4n) is 3.46. The van der Waals surface area contributed by atoms with Crippen LogP contribution in [0.15, 0.2) is 36.4 Å². The normalized spacial score (nSPS) is 11.6. The molecule has 34 heavy (non-hydrogen) atoms. The summed E-state index contributed by atoms with van der Waals surface area (Å²) in [6.45, 7) is 9.43. The molecule has 0 unspecified atom stereocenters. The highest BCUT2D eigenvalue weighted by Crippen LogP contribution is 2.29. The maximum atomic E-state index is 13.3. The van der Waals surface area contributed by atoms with Crippen LogP contribution in [0.25, 0.3) is 0 Å². The van der Waals surface area contributed by atoms with E-state index in [-0.39, 0.29) is 24.8 Å². The van der Waals surface area contributed by atoms with Gasteiger partial charge in [-0.05, 0) is 69.0 Å². The van der Waals surface area contributed by atoms with Gasteiger partial charge >= 0.3 is 0 Å². The Bertz CT molecular complexity index is 968. The second kappa shape index (κ2) is 14.1. The quantitative estimate of drug-likeness (QED) is 0.378. The molecule has 0 spiro atoms. The van der Waals surface area contributed by atoms with Gasteiger partial charge in [-0.3, -0.25) is 9.59 Å². The first kappa shape index (κ1) is 27.8. The number of nitrogens with one attached hydrogen (secondary N) is 1. The van der Waals surface area contributed by atoms with Crippen LogP contribution in [0.4, 0.5) is 0 Å². The van der Waals surface area contributed by atoms with E-state index in [9.17, 15) is 9.59 Å². The number of halogens is 2. The van der Waals surface area contributed by atoms with Gasteiger partial charge in [-0.1, -0.05) is 42.3 Å². The molecule has 1 N–H and O–H groups in total. The van der Waals surface area contributed by atoms with Gasteiger partial charge in [-0.2, -0.15) is 0 Å². The van der Waals surface area contributed by atoms with Crippen molar-refractivity contribution in [2.24, 2.45) is 0 Å². The number of hydrogen-bond donors (Lipinski definition) is 1. The van der Waals surface area contributed by atoms with E-state index in [2.05, 4.69) is 5.32 Å². The summed E-state index contributed by atoms with van der Waals surface area (Å²) in [5, 5.41) is 3.73. The van der Waals surface area contributed by atoms with Crippen LogP contribution in [-0.2, 0) is 22.6 Å². The lowest BCUT2D eigenvalue weighted by Crippen LogP contribution is -2.47. The minimum Gasteiger partial charge on any atom is -0.490 e. The summed E-state index contributed by atoms with van der Waals surface area (Å²) in [5.74, 6) is 1.03. The van der Waals surface area contributed by atoms with Crippen molar-refractivity contribution in [1.29, 1.82) is 0 Å². The van der Waals surface area contributed by atoms with Crippen LogP contribution in [0.5, 0.6) is 11.5 Å². The molecular formula is C26H34Cl2N2O4. The third-order valence-corrected chi connectivity index (χ3v) is 6.03. The first-order valence-corrected chi connectivity index (χ1v) is 12.5. The van der Waals surface area contributed by atoms with Crippen molar-refractivity contribution < 1.29 is 19.1 Å². The molecular weight excluding hydrogens is 475 g/mol. The first-order valence-electron chi connectivity index (χ1n) is 11.7. The Morgan fingerprint density at radius 2 is 1.62 bits per heavy atom. The number of amides is 2. The van der Waals surface area contributed by atoms with Crippen molar-refractivity contribution in [2.75, 3.05) is 19.8 Å². The summed E-state index contributed by atoms with van der Waals surface area (Å²) in [4.78, 5) is 27.6. The lowest BCUT2D eigenvalue weighted by molar-refractivity contribution is -0.140. The number of carbonyl (C=O) groups excluding carboxylic acids is 2. The highest BCUT2D eigenvalue weighted by atomic mass is 35.5. The maximum absolute atomic E-state index is 13.3. The lowest BCUT2D eigenvalue weighted by Gasteiger charge is -2.29. The molecule has 0 aliphatic heterocycles. The summed E-state index contributed by atoms with van der Waals surface area (Å²) in [5.41, 5.74) is 1.76. The molecule has 0 aromatic heterocycles. The molecule has 0 aliphatic carbocycles. The van der Waals surface area contributed by atoms with Crippen LogP contribution in [0.3, 0.4) is 0 Å².